The van der Waals surface area contributed by atoms with Gasteiger partial charge in [0.15, 0.2) is 0 Å². The normalized spacial score (nSPS) is 21.8. The van der Waals surface area contributed by atoms with E-state index in [9.17, 15) is 5.11 Å². The van der Waals surface area contributed by atoms with Gasteiger partial charge in [0.2, 0.25) is 0 Å². The number of hydrogen-bond acceptors (Lipinski definition) is 5. The second-order valence-corrected chi connectivity index (χ2v) is 5.21. The summed E-state index contributed by atoms with van der Waals surface area (Å²) in [6.45, 7) is 4.26. The zero-order chi connectivity index (χ0) is 14.2. The molecule has 2 N–H and O–H groups in total. The molecule has 5 heteroatoms. The lowest BCUT2D eigenvalue weighted by atomic mass is 10.2. The van der Waals surface area contributed by atoms with Gasteiger partial charge in [-0.2, -0.15) is 0 Å². The van der Waals surface area contributed by atoms with Crippen LogP contribution in [0.15, 0.2) is 24.4 Å². The van der Waals surface area contributed by atoms with E-state index in [-0.39, 0.29) is 12.1 Å². The maximum Gasteiger partial charge on any atom is 0.0897 e. The fourth-order valence-corrected chi connectivity index (χ4v) is 2.22. The molecule has 3 atom stereocenters. The molecule has 1 aromatic rings. The van der Waals surface area contributed by atoms with E-state index in [4.69, 9.17) is 9.47 Å². The summed E-state index contributed by atoms with van der Waals surface area (Å²) in [6, 6.07) is 5.94. The molecule has 1 fully saturated rings. The van der Waals surface area contributed by atoms with Crippen LogP contribution in [0.2, 0.25) is 0 Å². The largest absolute Gasteiger partial charge is 0.389 e. The lowest BCUT2D eigenvalue weighted by Gasteiger charge is -2.17. The number of nitrogens with zero attached hydrogens (tertiary/aromatic N) is 1. The highest BCUT2D eigenvalue weighted by atomic mass is 16.5. The molecule has 1 aromatic heterocycles. The second kappa shape index (κ2) is 8.32. The number of pyridine rings is 1. The van der Waals surface area contributed by atoms with Crippen LogP contribution in [0.25, 0.3) is 0 Å². The molecule has 2 heterocycles. The molecule has 0 saturated carbocycles. The molecule has 0 bridgehead atoms. The monoisotopic (exact) mass is 280 g/mol. The average molecular weight is 280 g/mol. The van der Waals surface area contributed by atoms with E-state index in [2.05, 4.69) is 10.3 Å². The van der Waals surface area contributed by atoms with Crippen LogP contribution in [0.3, 0.4) is 0 Å². The van der Waals surface area contributed by atoms with Crippen LogP contribution in [0.4, 0.5) is 0 Å². The van der Waals surface area contributed by atoms with Gasteiger partial charge in [0.1, 0.15) is 0 Å². The van der Waals surface area contributed by atoms with Crippen LogP contribution in [0, 0.1) is 0 Å². The number of aliphatic hydroxyl groups is 1. The number of nitrogens with one attached hydrogen (secondary N) is 1. The molecule has 2 unspecified atom stereocenters. The quantitative estimate of drug-likeness (QED) is 0.751. The van der Waals surface area contributed by atoms with E-state index in [1.165, 1.54) is 0 Å². The summed E-state index contributed by atoms with van der Waals surface area (Å²) >= 11 is 0. The molecule has 0 amide bonds. The van der Waals surface area contributed by atoms with E-state index in [0.29, 0.717) is 19.8 Å². The van der Waals surface area contributed by atoms with Gasteiger partial charge in [0.05, 0.1) is 31.1 Å². The maximum atomic E-state index is 9.87. The molecule has 0 radical (unpaired) electrons. The predicted molar refractivity (Wildman–Crippen MR) is 76.5 cm³/mol. The molecule has 1 saturated heterocycles. The summed E-state index contributed by atoms with van der Waals surface area (Å²) in [4.78, 5) is 4.28. The molecule has 0 aromatic carbocycles. The lowest BCUT2D eigenvalue weighted by Crippen LogP contribution is -2.33. The van der Waals surface area contributed by atoms with Gasteiger partial charge in [0, 0.05) is 25.4 Å². The van der Waals surface area contributed by atoms with Crippen molar-refractivity contribution in [2.24, 2.45) is 0 Å². The van der Waals surface area contributed by atoms with Gasteiger partial charge in [-0.05, 0) is 31.9 Å². The highest BCUT2D eigenvalue weighted by molar-refractivity contribution is 5.07. The van der Waals surface area contributed by atoms with Crippen LogP contribution in [-0.4, -0.2) is 48.7 Å². The molecule has 1 aliphatic heterocycles. The van der Waals surface area contributed by atoms with Gasteiger partial charge in [-0.1, -0.05) is 6.07 Å². The van der Waals surface area contributed by atoms with Crippen molar-refractivity contribution in [2.45, 2.75) is 38.0 Å². The fraction of sp³-hybridized carbons (Fsp3) is 0.667. The number of rotatable bonds is 8. The molecular weight excluding hydrogens is 256 g/mol. The van der Waals surface area contributed by atoms with E-state index in [0.717, 1.165) is 25.1 Å². The van der Waals surface area contributed by atoms with Crippen molar-refractivity contribution in [1.29, 1.82) is 0 Å². The Kier molecular flexibility index (Phi) is 6.39. The van der Waals surface area contributed by atoms with E-state index in [1.807, 2.05) is 25.1 Å². The van der Waals surface area contributed by atoms with E-state index in [1.54, 1.807) is 6.20 Å². The van der Waals surface area contributed by atoms with Gasteiger partial charge < -0.3 is 19.9 Å². The molecular formula is C15H24N2O3. The van der Waals surface area contributed by atoms with Gasteiger partial charge in [0.25, 0.3) is 0 Å². The average Bonchev–Trinajstić information content (AvgIpc) is 2.99. The second-order valence-electron chi connectivity index (χ2n) is 5.21. The van der Waals surface area contributed by atoms with Crippen molar-refractivity contribution in [1.82, 2.24) is 10.3 Å². The minimum absolute atomic E-state index is 0.115. The highest BCUT2D eigenvalue weighted by Gasteiger charge is 2.16. The molecule has 0 aliphatic carbocycles. The van der Waals surface area contributed by atoms with E-state index < -0.39 is 6.10 Å². The standard InChI is InChI=1S/C15H24N2O3/c1-12(15-6-2-3-7-16-15)17-9-13(18)10-19-11-14-5-4-8-20-14/h2-3,6-7,12-14,17-18H,4-5,8-11H2,1H3/t12-,13?,14?/m0/s1. The summed E-state index contributed by atoms with van der Waals surface area (Å²) in [5.41, 5.74) is 0.972. The Balaban J connectivity index is 1.58. The Morgan fingerprint density at radius 1 is 1.55 bits per heavy atom. The number of ether oxygens (including phenoxy) is 2. The van der Waals surface area contributed by atoms with Crippen molar-refractivity contribution >= 4 is 0 Å². The van der Waals surface area contributed by atoms with Crippen molar-refractivity contribution in [2.75, 3.05) is 26.4 Å². The first-order chi connectivity index (χ1) is 9.75. The van der Waals surface area contributed by atoms with Gasteiger partial charge in [-0.25, -0.2) is 0 Å². The van der Waals surface area contributed by atoms with Gasteiger partial charge in [-0.3, -0.25) is 4.98 Å². The number of aliphatic hydroxyl groups excluding tert-OH is 1. The molecule has 0 spiro atoms. The lowest BCUT2D eigenvalue weighted by molar-refractivity contribution is -0.0168. The molecule has 20 heavy (non-hydrogen) atoms. The summed E-state index contributed by atoms with van der Waals surface area (Å²) in [5, 5.41) is 13.1. The van der Waals surface area contributed by atoms with Crippen molar-refractivity contribution in [3.05, 3.63) is 30.1 Å². The Labute approximate surface area is 120 Å². The first-order valence-electron chi connectivity index (χ1n) is 7.27. The minimum Gasteiger partial charge on any atom is -0.389 e. The summed E-state index contributed by atoms with van der Waals surface area (Å²) in [7, 11) is 0. The predicted octanol–water partition coefficient (Wildman–Crippen LogP) is 1.29. The Hall–Kier alpha value is -1.01. The fourth-order valence-electron chi connectivity index (χ4n) is 2.22. The zero-order valence-electron chi connectivity index (χ0n) is 12.0. The minimum atomic E-state index is -0.512. The van der Waals surface area contributed by atoms with Crippen LogP contribution in [0.1, 0.15) is 31.5 Å². The Morgan fingerprint density at radius 3 is 3.15 bits per heavy atom. The smallest absolute Gasteiger partial charge is 0.0897 e. The topological polar surface area (TPSA) is 63.6 Å². The number of aromatic nitrogens is 1. The Bertz CT molecular complexity index is 369. The molecule has 1 aliphatic rings. The van der Waals surface area contributed by atoms with Crippen LogP contribution >= 0.6 is 0 Å². The van der Waals surface area contributed by atoms with Gasteiger partial charge >= 0.3 is 0 Å². The van der Waals surface area contributed by atoms with Crippen molar-refractivity contribution in [3.63, 3.8) is 0 Å². The molecule has 2 rings (SSSR count). The van der Waals surface area contributed by atoms with Crippen LogP contribution < -0.4 is 5.32 Å². The van der Waals surface area contributed by atoms with Crippen LogP contribution in [-0.2, 0) is 9.47 Å². The third kappa shape index (κ3) is 5.17. The molecule has 5 nitrogen and oxygen atoms in total. The summed E-state index contributed by atoms with van der Waals surface area (Å²) in [6.07, 6.45) is 3.64. The SMILES string of the molecule is C[C@H](NCC(O)COCC1CCCO1)c1ccccn1. The Morgan fingerprint density at radius 2 is 2.45 bits per heavy atom. The molecule has 112 valence electrons. The number of hydrogen-bond donors (Lipinski definition) is 2. The summed E-state index contributed by atoms with van der Waals surface area (Å²) in [5.74, 6) is 0. The maximum absolute atomic E-state index is 9.87. The van der Waals surface area contributed by atoms with E-state index >= 15 is 0 Å². The van der Waals surface area contributed by atoms with Crippen molar-refractivity contribution in [3.8, 4) is 0 Å². The zero-order valence-corrected chi connectivity index (χ0v) is 12.0. The third-order valence-electron chi connectivity index (χ3n) is 3.43. The van der Waals surface area contributed by atoms with Gasteiger partial charge in [-0.15, -0.1) is 0 Å². The van der Waals surface area contributed by atoms with Crippen molar-refractivity contribution < 1.29 is 14.6 Å². The highest BCUT2D eigenvalue weighted by Crippen LogP contribution is 2.12. The third-order valence-corrected chi connectivity index (χ3v) is 3.43. The van der Waals surface area contributed by atoms with Crippen LogP contribution in [0.5, 0.6) is 0 Å². The first kappa shape index (κ1) is 15.4. The summed E-state index contributed by atoms with van der Waals surface area (Å²) < 4.78 is 10.9. The first-order valence-corrected chi connectivity index (χ1v) is 7.27.